The zero-order chi connectivity index (χ0) is 19.7. The second-order valence-electron chi connectivity index (χ2n) is 6.33. The average molecular weight is 394 g/mol. The van der Waals surface area contributed by atoms with Gasteiger partial charge in [0.15, 0.2) is 11.2 Å². The molecule has 2 N–H and O–H groups in total. The number of hydrogen-bond acceptors (Lipinski definition) is 6. The van der Waals surface area contributed by atoms with Crippen molar-refractivity contribution in [2.75, 3.05) is 25.6 Å². The number of rotatable bonds is 6. The molecule has 3 rings (SSSR count). The molecule has 0 aliphatic carbocycles. The van der Waals surface area contributed by atoms with Gasteiger partial charge in [-0.25, -0.2) is 4.79 Å². The zero-order valence-corrected chi connectivity index (χ0v) is 15.9. The highest BCUT2D eigenvalue weighted by atomic mass is 35.5. The first-order chi connectivity index (χ1) is 12.8. The van der Waals surface area contributed by atoms with Crippen LogP contribution in [0.25, 0.3) is 11.2 Å². The fourth-order valence-corrected chi connectivity index (χ4v) is 2.85. The third-order valence-corrected chi connectivity index (χ3v) is 4.29. The van der Waals surface area contributed by atoms with Crippen molar-refractivity contribution in [3.63, 3.8) is 0 Å². The van der Waals surface area contributed by atoms with Crippen LogP contribution in [-0.2, 0) is 13.6 Å². The Kier molecular flexibility index (Phi) is 5.24. The normalized spacial score (nSPS) is 12.3. The quantitative estimate of drug-likeness (QED) is 0.634. The smallest absolute Gasteiger partial charge is 0.329 e. The van der Waals surface area contributed by atoms with Crippen molar-refractivity contribution in [2.24, 2.45) is 7.05 Å². The van der Waals surface area contributed by atoms with Gasteiger partial charge < -0.3 is 19.3 Å². The Hall–Kier alpha value is -2.78. The second kappa shape index (κ2) is 7.45. The molecule has 0 fully saturated rings. The number of nitrogens with one attached hydrogen (secondary N) is 1. The van der Waals surface area contributed by atoms with Crippen molar-refractivity contribution in [3.8, 4) is 5.75 Å². The molecule has 0 saturated heterocycles. The molecule has 0 aliphatic rings. The van der Waals surface area contributed by atoms with E-state index >= 15 is 0 Å². The van der Waals surface area contributed by atoms with E-state index in [2.05, 4.69) is 9.97 Å². The highest BCUT2D eigenvalue weighted by Gasteiger charge is 2.20. The topological polar surface area (TPSA) is 105 Å². The molecule has 2 aromatic heterocycles. The highest BCUT2D eigenvalue weighted by Crippen LogP contribution is 2.19. The Morgan fingerprint density at radius 1 is 1.30 bits per heavy atom. The van der Waals surface area contributed by atoms with E-state index in [9.17, 15) is 14.7 Å². The lowest BCUT2D eigenvalue weighted by Crippen LogP contribution is -2.31. The predicted molar refractivity (Wildman–Crippen MR) is 103 cm³/mol. The Morgan fingerprint density at radius 3 is 2.59 bits per heavy atom. The minimum absolute atomic E-state index is 0.0117. The van der Waals surface area contributed by atoms with E-state index in [1.807, 2.05) is 0 Å². The van der Waals surface area contributed by atoms with Crippen LogP contribution in [0.5, 0.6) is 5.75 Å². The number of ether oxygens (including phenoxy) is 1. The fraction of sp³-hybridized carbons (Fsp3) is 0.353. The summed E-state index contributed by atoms with van der Waals surface area (Å²) in [5.41, 5.74) is -0.641. The van der Waals surface area contributed by atoms with Crippen molar-refractivity contribution < 1.29 is 9.84 Å². The summed E-state index contributed by atoms with van der Waals surface area (Å²) in [6.07, 6.45) is -0.909. The molecule has 9 nitrogen and oxygen atoms in total. The molecular weight excluding hydrogens is 374 g/mol. The van der Waals surface area contributed by atoms with E-state index in [0.29, 0.717) is 16.7 Å². The number of fused-ring (bicyclic) bond motifs is 1. The summed E-state index contributed by atoms with van der Waals surface area (Å²) in [7, 11) is 5.05. The molecule has 0 aliphatic heterocycles. The Morgan fingerprint density at radius 2 is 1.96 bits per heavy atom. The molecular formula is C17H20ClN5O4. The second-order valence-corrected chi connectivity index (χ2v) is 6.76. The maximum Gasteiger partial charge on any atom is 0.329 e. The van der Waals surface area contributed by atoms with Gasteiger partial charge in [-0.1, -0.05) is 11.6 Å². The van der Waals surface area contributed by atoms with Gasteiger partial charge in [0.2, 0.25) is 5.95 Å². The van der Waals surface area contributed by atoms with Gasteiger partial charge in [-0.2, -0.15) is 4.98 Å². The summed E-state index contributed by atoms with van der Waals surface area (Å²) in [6, 6.07) is 6.79. The molecule has 144 valence electrons. The molecule has 0 spiro atoms. The van der Waals surface area contributed by atoms with E-state index in [0.717, 1.165) is 0 Å². The average Bonchev–Trinajstić information content (AvgIpc) is 2.99. The number of aliphatic hydroxyl groups excluding tert-OH is 1. The van der Waals surface area contributed by atoms with Gasteiger partial charge in [0.05, 0.1) is 6.54 Å². The van der Waals surface area contributed by atoms with Crippen LogP contribution >= 0.6 is 11.6 Å². The molecule has 0 amide bonds. The van der Waals surface area contributed by atoms with Gasteiger partial charge in [-0.3, -0.25) is 14.3 Å². The molecule has 3 aromatic rings. The standard InChI is InChI=1S/C17H20ClN5O4/c1-21(2)16-19-14-13(15(25)20-17(26)22(14)3)23(16)8-11(24)9-27-12-6-4-10(18)5-7-12/h4-7,11,24H,8-9H2,1-3H3,(H,20,25,26). The maximum absolute atomic E-state index is 12.3. The summed E-state index contributed by atoms with van der Waals surface area (Å²) in [5.74, 6) is 1.02. The molecule has 1 unspecified atom stereocenters. The van der Waals surface area contributed by atoms with Crippen LogP contribution in [0.1, 0.15) is 0 Å². The van der Waals surface area contributed by atoms with E-state index in [4.69, 9.17) is 16.3 Å². The number of aryl methyl sites for hydroxylation is 1. The summed E-state index contributed by atoms with van der Waals surface area (Å²) in [5, 5.41) is 11.0. The number of hydrogen-bond donors (Lipinski definition) is 2. The molecule has 0 saturated carbocycles. The number of nitrogens with zero attached hydrogens (tertiary/aromatic N) is 4. The van der Waals surface area contributed by atoms with Gasteiger partial charge in [0.1, 0.15) is 18.5 Å². The van der Waals surface area contributed by atoms with Crippen molar-refractivity contribution >= 4 is 28.7 Å². The Bertz CT molecular complexity index is 1070. The SMILES string of the molecule is CN(C)c1nc2c(c(=O)[nH]c(=O)n2C)n1CC(O)COc1ccc(Cl)cc1. The minimum atomic E-state index is -0.909. The monoisotopic (exact) mass is 393 g/mol. The largest absolute Gasteiger partial charge is 0.491 e. The minimum Gasteiger partial charge on any atom is -0.491 e. The first kappa shape index (κ1) is 19.0. The first-order valence-corrected chi connectivity index (χ1v) is 8.59. The van der Waals surface area contributed by atoms with Crippen molar-refractivity contribution in [1.29, 1.82) is 0 Å². The summed E-state index contributed by atoms with van der Waals surface area (Å²) in [6.45, 7) is 0.0801. The van der Waals surface area contributed by atoms with Gasteiger partial charge in [-0.05, 0) is 24.3 Å². The number of H-pyrrole nitrogens is 1. The van der Waals surface area contributed by atoms with Crippen LogP contribution in [-0.4, -0.2) is 51.0 Å². The molecule has 1 aromatic carbocycles. The van der Waals surface area contributed by atoms with Crippen LogP contribution in [0.4, 0.5) is 5.95 Å². The van der Waals surface area contributed by atoms with Crippen LogP contribution in [0, 0.1) is 0 Å². The molecule has 2 heterocycles. The van der Waals surface area contributed by atoms with Gasteiger partial charge in [0.25, 0.3) is 5.56 Å². The van der Waals surface area contributed by atoms with Crippen molar-refractivity contribution in [2.45, 2.75) is 12.6 Å². The first-order valence-electron chi connectivity index (χ1n) is 8.21. The summed E-state index contributed by atoms with van der Waals surface area (Å²) in [4.78, 5) is 32.5. The third-order valence-electron chi connectivity index (χ3n) is 4.04. The number of aromatic nitrogens is 4. The Labute approximate surface area is 159 Å². The zero-order valence-electron chi connectivity index (χ0n) is 15.1. The number of benzene rings is 1. The van der Waals surface area contributed by atoms with Crippen molar-refractivity contribution in [3.05, 3.63) is 50.1 Å². The number of aliphatic hydroxyl groups is 1. The van der Waals surface area contributed by atoms with Crippen LogP contribution in [0.2, 0.25) is 5.02 Å². The van der Waals surface area contributed by atoms with E-state index in [1.165, 1.54) is 11.6 Å². The number of anilines is 1. The highest BCUT2D eigenvalue weighted by molar-refractivity contribution is 6.30. The van der Waals surface area contributed by atoms with Crippen molar-refractivity contribution in [1.82, 2.24) is 19.1 Å². The lowest BCUT2D eigenvalue weighted by Gasteiger charge is -2.18. The van der Waals surface area contributed by atoms with Crippen LogP contribution in [0.3, 0.4) is 0 Å². The van der Waals surface area contributed by atoms with Crippen LogP contribution < -0.4 is 20.9 Å². The number of halogens is 1. The molecule has 1 atom stereocenters. The summed E-state index contributed by atoms with van der Waals surface area (Å²) < 4.78 is 8.39. The van der Waals surface area contributed by atoms with E-state index < -0.39 is 17.4 Å². The predicted octanol–water partition coefficient (Wildman–Crippen LogP) is 0.583. The lowest BCUT2D eigenvalue weighted by atomic mass is 10.3. The number of imidazole rings is 1. The summed E-state index contributed by atoms with van der Waals surface area (Å²) >= 11 is 5.83. The van der Waals surface area contributed by atoms with E-state index in [-0.39, 0.29) is 24.3 Å². The molecule has 10 heteroatoms. The van der Waals surface area contributed by atoms with E-state index in [1.54, 1.807) is 47.8 Å². The third kappa shape index (κ3) is 3.83. The lowest BCUT2D eigenvalue weighted by molar-refractivity contribution is 0.0937. The molecule has 0 radical (unpaired) electrons. The van der Waals surface area contributed by atoms with Gasteiger partial charge in [0, 0.05) is 26.2 Å². The maximum atomic E-state index is 12.3. The van der Waals surface area contributed by atoms with Gasteiger partial charge >= 0.3 is 5.69 Å². The number of aromatic amines is 1. The fourth-order valence-electron chi connectivity index (χ4n) is 2.72. The Balaban J connectivity index is 1.90. The molecule has 27 heavy (non-hydrogen) atoms. The molecule has 0 bridgehead atoms. The van der Waals surface area contributed by atoms with Crippen LogP contribution in [0.15, 0.2) is 33.9 Å². The van der Waals surface area contributed by atoms with Gasteiger partial charge in [-0.15, -0.1) is 0 Å².